The highest BCUT2D eigenvalue weighted by Gasteiger charge is 2.20. The molecule has 0 spiro atoms. The zero-order valence-electron chi connectivity index (χ0n) is 18.2. The Morgan fingerprint density at radius 2 is 1.87 bits per heavy atom. The van der Waals surface area contributed by atoms with Crippen molar-refractivity contribution < 1.29 is 13.9 Å². The summed E-state index contributed by atoms with van der Waals surface area (Å²) in [4.78, 5) is 12.8. The molecule has 1 amide bonds. The number of benzene rings is 2. The third-order valence-electron chi connectivity index (χ3n) is 5.88. The molecule has 0 saturated heterocycles. The number of anilines is 1. The molecule has 1 saturated carbocycles. The Balaban J connectivity index is 1.56. The molecular weight excluding hydrogens is 376 g/mol. The van der Waals surface area contributed by atoms with E-state index >= 15 is 0 Å². The molecule has 1 fully saturated rings. The molecule has 4 rings (SSSR count). The van der Waals surface area contributed by atoms with Crippen LogP contribution in [0.4, 0.5) is 5.69 Å². The average Bonchev–Trinajstić information content (AvgIpc) is 3.12. The third-order valence-corrected chi connectivity index (χ3v) is 5.88. The second-order valence-corrected chi connectivity index (χ2v) is 9.07. The van der Waals surface area contributed by atoms with Crippen LogP contribution in [-0.2, 0) is 12.0 Å². The minimum Gasteiger partial charge on any atom is -0.493 e. The smallest absolute Gasteiger partial charge is 0.291 e. The molecule has 0 bridgehead atoms. The summed E-state index contributed by atoms with van der Waals surface area (Å²) in [6, 6.07) is 14.3. The highest BCUT2D eigenvalue weighted by atomic mass is 16.5. The molecule has 5 nitrogen and oxygen atoms in total. The lowest BCUT2D eigenvalue weighted by Crippen LogP contribution is -2.34. The van der Waals surface area contributed by atoms with Gasteiger partial charge in [-0.3, -0.25) is 4.79 Å². The molecule has 30 heavy (non-hydrogen) atoms. The number of fused-ring (bicyclic) bond motifs is 1. The lowest BCUT2D eigenvalue weighted by molar-refractivity contribution is 0.0998. The Hall–Kier alpha value is -2.79. The van der Waals surface area contributed by atoms with Crippen molar-refractivity contribution in [2.45, 2.75) is 58.0 Å². The van der Waals surface area contributed by atoms with Crippen molar-refractivity contribution in [1.29, 1.82) is 0 Å². The summed E-state index contributed by atoms with van der Waals surface area (Å²) in [6.45, 7) is 7.25. The van der Waals surface area contributed by atoms with E-state index < -0.39 is 0 Å². The molecule has 2 aromatic carbocycles. The molecule has 158 valence electrons. The number of nitrogens with one attached hydrogen (secondary N) is 2. The Labute approximate surface area is 177 Å². The van der Waals surface area contributed by atoms with Gasteiger partial charge < -0.3 is 19.8 Å². The lowest BCUT2D eigenvalue weighted by atomic mass is 9.87. The molecule has 0 atom stereocenters. The number of hydrogen-bond acceptors (Lipinski definition) is 4. The molecule has 5 heteroatoms. The second-order valence-electron chi connectivity index (χ2n) is 9.07. The Kier molecular flexibility index (Phi) is 5.56. The monoisotopic (exact) mass is 406 g/mol. The summed E-state index contributed by atoms with van der Waals surface area (Å²) in [6.07, 6.45) is 3.75. The SMILES string of the molecule is COc1ccc(CNC2CCC2)c2cc(C(=O)Nc3ccc(C(C)(C)C)cc3)oc12. The molecular formula is C25H30N2O3. The maximum atomic E-state index is 12.8. The summed E-state index contributed by atoms with van der Waals surface area (Å²) in [5.74, 6) is 0.639. The maximum Gasteiger partial charge on any atom is 0.291 e. The van der Waals surface area contributed by atoms with E-state index in [0.717, 1.165) is 23.2 Å². The Morgan fingerprint density at radius 3 is 2.47 bits per heavy atom. The fourth-order valence-electron chi connectivity index (χ4n) is 3.69. The Bertz CT molecular complexity index is 1040. The highest BCUT2D eigenvalue weighted by molar-refractivity contribution is 6.05. The van der Waals surface area contributed by atoms with E-state index in [0.29, 0.717) is 17.4 Å². The fourth-order valence-corrected chi connectivity index (χ4v) is 3.69. The van der Waals surface area contributed by atoms with Gasteiger partial charge in [-0.25, -0.2) is 0 Å². The third kappa shape index (κ3) is 4.21. The van der Waals surface area contributed by atoms with Gasteiger partial charge in [-0.1, -0.05) is 45.4 Å². The molecule has 1 aromatic heterocycles. The number of hydrogen-bond donors (Lipinski definition) is 2. The second kappa shape index (κ2) is 8.15. The summed E-state index contributed by atoms with van der Waals surface area (Å²) in [5, 5.41) is 7.42. The van der Waals surface area contributed by atoms with E-state index in [4.69, 9.17) is 9.15 Å². The molecule has 0 aliphatic heterocycles. The molecule has 1 aliphatic carbocycles. The number of amides is 1. The van der Waals surface area contributed by atoms with Gasteiger partial charge in [0, 0.05) is 23.7 Å². The molecule has 1 aliphatic rings. The van der Waals surface area contributed by atoms with Crippen LogP contribution < -0.4 is 15.4 Å². The van der Waals surface area contributed by atoms with Gasteiger partial charge in [0.1, 0.15) is 0 Å². The Morgan fingerprint density at radius 1 is 1.13 bits per heavy atom. The number of methoxy groups -OCH3 is 1. The van der Waals surface area contributed by atoms with Crippen LogP contribution in [0.1, 0.15) is 61.7 Å². The first-order valence-electron chi connectivity index (χ1n) is 10.6. The summed E-state index contributed by atoms with van der Waals surface area (Å²) in [5.41, 5.74) is 3.75. The predicted octanol–water partition coefficient (Wildman–Crippen LogP) is 5.63. The van der Waals surface area contributed by atoms with Crippen molar-refractivity contribution >= 4 is 22.6 Å². The van der Waals surface area contributed by atoms with Crippen LogP contribution in [-0.4, -0.2) is 19.1 Å². The van der Waals surface area contributed by atoms with Crippen LogP contribution in [0.2, 0.25) is 0 Å². The first-order chi connectivity index (χ1) is 14.3. The topological polar surface area (TPSA) is 63.5 Å². The average molecular weight is 407 g/mol. The normalized spacial score (nSPS) is 14.5. The molecule has 1 heterocycles. The summed E-state index contributed by atoms with van der Waals surface area (Å²) >= 11 is 0. The maximum absolute atomic E-state index is 12.8. The van der Waals surface area contributed by atoms with Gasteiger partial charge in [-0.2, -0.15) is 0 Å². The fraction of sp³-hybridized carbons (Fsp3) is 0.400. The minimum atomic E-state index is -0.269. The van der Waals surface area contributed by atoms with Gasteiger partial charge in [-0.15, -0.1) is 0 Å². The summed E-state index contributed by atoms with van der Waals surface area (Å²) in [7, 11) is 1.61. The summed E-state index contributed by atoms with van der Waals surface area (Å²) < 4.78 is 11.4. The first kappa shape index (κ1) is 20.5. The van der Waals surface area contributed by atoms with E-state index in [2.05, 4.69) is 31.4 Å². The first-order valence-corrected chi connectivity index (χ1v) is 10.6. The van der Waals surface area contributed by atoms with Gasteiger partial charge in [0.2, 0.25) is 0 Å². The van der Waals surface area contributed by atoms with E-state index in [1.165, 1.54) is 24.8 Å². The predicted molar refractivity (Wildman–Crippen MR) is 120 cm³/mol. The number of carbonyl (C=O) groups excluding carboxylic acids is 1. The standard InChI is InChI=1S/C25H30N2O3/c1-25(2,3)17-9-11-19(12-10-17)27-24(28)22-14-20-16(15-26-18-6-5-7-18)8-13-21(29-4)23(20)30-22/h8-14,18,26H,5-7,15H2,1-4H3,(H,27,28). The van der Waals surface area contributed by atoms with Crippen LogP contribution >= 0.6 is 0 Å². The zero-order valence-corrected chi connectivity index (χ0v) is 18.2. The molecule has 0 unspecified atom stereocenters. The van der Waals surface area contributed by atoms with E-state index in [-0.39, 0.29) is 17.1 Å². The van der Waals surface area contributed by atoms with Crippen molar-refractivity contribution in [1.82, 2.24) is 5.32 Å². The van der Waals surface area contributed by atoms with Gasteiger partial charge in [0.15, 0.2) is 17.1 Å². The van der Waals surface area contributed by atoms with E-state index in [9.17, 15) is 4.79 Å². The van der Waals surface area contributed by atoms with Gasteiger partial charge >= 0.3 is 0 Å². The van der Waals surface area contributed by atoms with Crippen molar-refractivity contribution in [3.8, 4) is 5.75 Å². The quantitative estimate of drug-likeness (QED) is 0.557. The van der Waals surface area contributed by atoms with Crippen molar-refractivity contribution in [3.63, 3.8) is 0 Å². The van der Waals surface area contributed by atoms with Crippen molar-refractivity contribution in [2.24, 2.45) is 0 Å². The minimum absolute atomic E-state index is 0.0712. The molecule has 3 aromatic rings. The van der Waals surface area contributed by atoms with Gasteiger partial charge in [-0.05, 0) is 53.6 Å². The number of rotatable bonds is 6. The molecule has 2 N–H and O–H groups in total. The molecule has 0 radical (unpaired) electrons. The van der Waals surface area contributed by atoms with Crippen LogP contribution in [0.15, 0.2) is 46.9 Å². The van der Waals surface area contributed by atoms with Crippen LogP contribution in [0.3, 0.4) is 0 Å². The largest absolute Gasteiger partial charge is 0.493 e. The van der Waals surface area contributed by atoms with E-state index in [1.54, 1.807) is 7.11 Å². The van der Waals surface area contributed by atoms with Gasteiger partial charge in [0.05, 0.1) is 7.11 Å². The zero-order chi connectivity index (χ0) is 21.3. The number of furan rings is 1. The highest BCUT2D eigenvalue weighted by Crippen LogP contribution is 2.32. The van der Waals surface area contributed by atoms with E-state index in [1.807, 2.05) is 42.5 Å². The van der Waals surface area contributed by atoms with Crippen molar-refractivity contribution in [2.75, 3.05) is 12.4 Å². The lowest BCUT2D eigenvalue weighted by Gasteiger charge is -2.26. The van der Waals surface area contributed by atoms with Crippen molar-refractivity contribution in [3.05, 3.63) is 59.4 Å². The van der Waals surface area contributed by atoms with Gasteiger partial charge in [0.25, 0.3) is 5.91 Å². The number of ether oxygens (including phenoxy) is 1. The van der Waals surface area contributed by atoms with Crippen LogP contribution in [0.25, 0.3) is 11.0 Å². The van der Waals surface area contributed by atoms with Crippen LogP contribution in [0.5, 0.6) is 5.75 Å². The number of carbonyl (C=O) groups is 1. The van der Waals surface area contributed by atoms with Crippen LogP contribution in [0, 0.1) is 0 Å².